The van der Waals surface area contributed by atoms with Crippen LogP contribution in [0.15, 0.2) is 39.1 Å². The topological polar surface area (TPSA) is 121 Å². The standard InChI is InChI=1S/C10H13N3O5S/c1-2-4-19(13-12-18-7-10(16)17)5-3-11-8(19)6-9(14)15/h2-3,5H,1,4,6-7H2,(H,14,15)(H,16,17). The molecule has 0 fully saturated rings. The van der Waals surface area contributed by atoms with Crippen LogP contribution in [0.4, 0.5) is 0 Å². The summed E-state index contributed by atoms with van der Waals surface area (Å²) in [7, 11) is -2.03. The minimum atomic E-state index is -2.03. The number of carboxylic acid groups (broad SMARTS) is 2. The summed E-state index contributed by atoms with van der Waals surface area (Å²) in [5.74, 6) is -1.83. The third-order valence-electron chi connectivity index (χ3n) is 2.01. The SMILES string of the molecule is C=CCS1(N=NOCC(=O)O)C=CN=C1CC(=O)O. The molecule has 0 aromatic heterocycles. The molecule has 0 aromatic carbocycles. The number of aliphatic carboxylic acids is 2. The van der Waals surface area contributed by atoms with Gasteiger partial charge in [0, 0.05) is 17.2 Å². The number of rotatable bonds is 8. The lowest BCUT2D eigenvalue weighted by Gasteiger charge is -2.26. The Balaban J connectivity index is 2.82. The van der Waals surface area contributed by atoms with Crippen LogP contribution in [-0.4, -0.2) is 39.6 Å². The minimum absolute atomic E-state index is 0.256. The van der Waals surface area contributed by atoms with Crippen LogP contribution in [-0.2, 0) is 14.4 Å². The third kappa shape index (κ3) is 4.21. The molecule has 1 aliphatic rings. The van der Waals surface area contributed by atoms with Gasteiger partial charge in [-0.15, -0.1) is 6.58 Å². The van der Waals surface area contributed by atoms with E-state index in [0.717, 1.165) is 0 Å². The van der Waals surface area contributed by atoms with Crippen molar-refractivity contribution in [1.82, 2.24) is 0 Å². The number of hydrogen-bond acceptors (Lipinski definition) is 6. The van der Waals surface area contributed by atoms with Gasteiger partial charge in [0.2, 0.25) is 6.61 Å². The number of carboxylic acids is 2. The molecule has 0 saturated heterocycles. The zero-order chi connectivity index (χ0) is 14.3. The highest BCUT2D eigenvalue weighted by Gasteiger charge is 2.31. The highest BCUT2D eigenvalue weighted by molar-refractivity contribution is 8.46. The van der Waals surface area contributed by atoms with Crippen LogP contribution < -0.4 is 0 Å². The van der Waals surface area contributed by atoms with E-state index in [1.54, 1.807) is 11.5 Å². The van der Waals surface area contributed by atoms with Gasteiger partial charge < -0.3 is 15.1 Å². The molecule has 0 spiro atoms. The molecule has 104 valence electrons. The summed E-state index contributed by atoms with van der Waals surface area (Å²) in [5, 5.41) is 22.6. The first-order valence-electron chi connectivity index (χ1n) is 5.13. The Hall–Kier alpha value is -2.16. The van der Waals surface area contributed by atoms with Gasteiger partial charge in [-0.2, -0.15) is 0 Å². The summed E-state index contributed by atoms with van der Waals surface area (Å²) in [6.07, 6.45) is 2.79. The van der Waals surface area contributed by atoms with Crippen LogP contribution in [0.2, 0.25) is 0 Å². The van der Waals surface area contributed by atoms with Gasteiger partial charge in [0.25, 0.3) is 0 Å². The van der Waals surface area contributed by atoms with Gasteiger partial charge in [-0.05, 0) is 5.41 Å². The fourth-order valence-corrected chi connectivity index (χ4v) is 3.37. The molecule has 0 radical (unpaired) electrons. The van der Waals surface area contributed by atoms with Crippen molar-refractivity contribution in [2.45, 2.75) is 6.42 Å². The van der Waals surface area contributed by atoms with E-state index in [1.165, 1.54) is 6.20 Å². The lowest BCUT2D eigenvalue weighted by Crippen LogP contribution is -2.13. The van der Waals surface area contributed by atoms with Crippen molar-refractivity contribution < 1.29 is 24.6 Å². The summed E-state index contributed by atoms with van der Waals surface area (Å²) in [4.78, 5) is 29.5. The molecule has 0 bridgehead atoms. The van der Waals surface area contributed by atoms with Crippen LogP contribution in [0.3, 0.4) is 0 Å². The quantitative estimate of drug-likeness (QED) is 0.400. The number of nitrogens with zero attached hydrogens (tertiary/aromatic N) is 3. The summed E-state index contributed by atoms with van der Waals surface area (Å²) in [6.45, 7) is 2.98. The lowest BCUT2D eigenvalue weighted by atomic mass is 10.5. The average Bonchev–Trinajstić information content (AvgIpc) is 2.68. The largest absolute Gasteiger partial charge is 0.481 e. The van der Waals surface area contributed by atoms with Crippen LogP contribution in [0.5, 0.6) is 0 Å². The summed E-state index contributed by atoms with van der Waals surface area (Å²) < 4.78 is 3.92. The summed E-state index contributed by atoms with van der Waals surface area (Å²) >= 11 is 0. The first-order chi connectivity index (χ1) is 9.00. The van der Waals surface area contributed by atoms with Gasteiger partial charge in [-0.3, -0.25) is 9.79 Å². The van der Waals surface area contributed by atoms with E-state index < -0.39 is 28.8 Å². The molecular weight excluding hydrogens is 274 g/mol. The van der Waals surface area contributed by atoms with Gasteiger partial charge in [-0.1, -0.05) is 20.8 Å². The van der Waals surface area contributed by atoms with Gasteiger partial charge in [0.1, 0.15) is 0 Å². The highest BCUT2D eigenvalue weighted by atomic mass is 32.3. The number of aliphatic imine (C=N–C) groups is 1. The van der Waals surface area contributed by atoms with E-state index in [2.05, 4.69) is 26.2 Å². The molecule has 8 nitrogen and oxygen atoms in total. The molecular formula is C10H13N3O5S. The Kier molecular flexibility index (Phi) is 5.24. The molecule has 1 atom stereocenters. The van der Waals surface area contributed by atoms with Crippen molar-refractivity contribution in [3.8, 4) is 0 Å². The molecule has 9 heteroatoms. The smallest absolute Gasteiger partial charge is 0.344 e. The van der Waals surface area contributed by atoms with Crippen molar-refractivity contribution >= 4 is 27.2 Å². The van der Waals surface area contributed by atoms with E-state index in [4.69, 9.17) is 10.2 Å². The minimum Gasteiger partial charge on any atom is -0.481 e. The molecule has 1 rings (SSSR count). The predicted octanol–water partition coefficient (Wildman–Crippen LogP) is 1.72. The maximum Gasteiger partial charge on any atom is 0.344 e. The Morgan fingerprint density at radius 2 is 2.21 bits per heavy atom. The summed E-state index contributed by atoms with van der Waals surface area (Å²) in [6, 6.07) is 0. The van der Waals surface area contributed by atoms with E-state index in [-0.39, 0.29) is 6.42 Å². The second-order valence-electron chi connectivity index (χ2n) is 3.42. The molecule has 1 aliphatic heterocycles. The van der Waals surface area contributed by atoms with Crippen LogP contribution >= 0.6 is 10.2 Å². The zero-order valence-electron chi connectivity index (χ0n) is 9.93. The average molecular weight is 287 g/mol. The predicted molar refractivity (Wildman–Crippen MR) is 69.9 cm³/mol. The fourth-order valence-electron chi connectivity index (χ4n) is 1.29. The van der Waals surface area contributed by atoms with E-state index in [1.807, 2.05) is 0 Å². The highest BCUT2D eigenvalue weighted by Crippen LogP contribution is 2.56. The Morgan fingerprint density at radius 3 is 2.79 bits per heavy atom. The van der Waals surface area contributed by atoms with Gasteiger partial charge in [0.05, 0.1) is 11.5 Å². The monoisotopic (exact) mass is 287 g/mol. The van der Waals surface area contributed by atoms with Crippen LogP contribution in [0.25, 0.3) is 0 Å². The zero-order valence-corrected chi connectivity index (χ0v) is 10.7. The van der Waals surface area contributed by atoms with Crippen molar-refractivity contribution in [2.75, 3.05) is 12.4 Å². The normalized spacial score (nSPS) is 24.7. The van der Waals surface area contributed by atoms with Gasteiger partial charge >= 0.3 is 11.9 Å². The molecule has 0 aromatic rings. The molecule has 19 heavy (non-hydrogen) atoms. The molecule has 1 heterocycles. The third-order valence-corrected chi connectivity index (χ3v) is 4.75. The van der Waals surface area contributed by atoms with Crippen molar-refractivity contribution in [3.63, 3.8) is 0 Å². The van der Waals surface area contributed by atoms with E-state index in [9.17, 15) is 9.59 Å². The van der Waals surface area contributed by atoms with Gasteiger partial charge in [0.15, 0.2) is 0 Å². The molecule has 0 saturated carbocycles. The Morgan fingerprint density at radius 1 is 1.47 bits per heavy atom. The Labute approximate surface area is 110 Å². The maximum atomic E-state index is 10.8. The fraction of sp³-hybridized carbons (Fsp3) is 0.300. The van der Waals surface area contributed by atoms with Crippen molar-refractivity contribution in [3.05, 3.63) is 24.3 Å². The first kappa shape index (κ1) is 14.9. The number of carbonyl (C=O) groups is 2. The molecule has 0 aliphatic carbocycles. The molecule has 2 N–H and O–H groups in total. The van der Waals surface area contributed by atoms with E-state index in [0.29, 0.717) is 10.8 Å². The van der Waals surface area contributed by atoms with Crippen molar-refractivity contribution in [1.29, 1.82) is 0 Å². The molecule has 1 unspecified atom stereocenters. The first-order valence-corrected chi connectivity index (χ1v) is 6.95. The summed E-state index contributed by atoms with van der Waals surface area (Å²) in [5.41, 5.74) is 0. The van der Waals surface area contributed by atoms with E-state index >= 15 is 0 Å². The van der Waals surface area contributed by atoms with Gasteiger partial charge in [-0.25, -0.2) is 4.79 Å². The van der Waals surface area contributed by atoms with Crippen LogP contribution in [0.1, 0.15) is 6.42 Å². The second-order valence-corrected chi connectivity index (χ2v) is 6.17. The lowest BCUT2D eigenvalue weighted by molar-refractivity contribution is -0.142. The maximum absolute atomic E-state index is 10.8. The number of hydrogen-bond donors (Lipinski definition) is 2. The Bertz CT molecular complexity index is 474. The molecule has 0 amide bonds. The second kappa shape index (κ2) is 6.69. The van der Waals surface area contributed by atoms with Crippen molar-refractivity contribution in [2.24, 2.45) is 14.8 Å². The van der Waals surface area contributed by atoms with Crippen LogP contribution in [0, 0.1) is 0 Å².